The first-order chi connectivity index (χ1) is 17.3. The predicted molar refractivity (Wildman–Crippen MR) is 148 cm³/mol. The van der Waals surface area contributed by atoms with Crippen LogP contribution in [0.4, 0.5) is 5.69 Å². The zero-order chi connectivity index (χ0) is 27.8. The Morgan fingerprint density at radius 1 is 1.11 bits per heavy atom. The molecule has 0 bridgehead atoms. The van der Waals surface area contributed by atoms with Crippen molar-refractivity contribution in [2.75, 3.05) is 24.2 Å². The van der Waals surface area contributed by atoms with Gasteiger partial charge in [-0.05, 0) is 57.4 Å². The first-order valence-corrected chi connectivity index (χ1v) is 14.5. The van der Waals surface area contributed by atoms with Crippen molar-refractivity contribution >= 4 is 39.1 Å². The second-order valence-corrected chi connectivity index (χ2v) is 12.2. The molecule has 0 aliphatic carbocycles. The van der Waals surface area contributed by atoms with Gasteiger partial charge in [0.05, 0.1) is 24.1 Å². The molecule has 10 heteroatoms. The lowest BCUT2D eigenvalue weighted by Crippen LogP contribution is -2.53. The van der Waals surface area contributed by atoms with E-state index in [2.05, 4.69) is 5.32 Å². The summed E-state index contributed by atoms with van der Waals surface area (Å²) in [5.74, 6) is -0.00404. The Bertz CT molecular complexity index is 1170. The van der Waals surface area contributed by atoms with Gasteiger partial charge in [-0.25, -0.2) is 8.42 Å². The van der Waals surface area contributed by atoms with Crippen LogP contribution in [0, 0.1) is 0 Å². The number of nitrogens with one attached hydrogen (secondary N) is 1. The Morgan fingerprint density at radius 2 is 1.76 bits per heavy atom. The van der Waals surface area contributed by atoms with Crippen LogP contribution in [0.3, 0.4) is 0 Å². The molecule has 0 heterocycles. The summed E-state index contributed by atoms with van der Waals surface area (Å²) >= 11 is 6.21. The standard InChI is InChI=1S/C27H38ClN3O5S/c1-7-23(26(33)29-27(2,3)4)30(19-20-12-9-8-10-13-20)25(32)14-11-17-31(37(6,34)35)21-15-16-24(36-5)22(28)18-21/h8-10,12-13,15-16,18,23H,7,11,14,17,19H2,1-6H3,(H,29,33)/t23-/m1/s1. The van der Waals surface area contributed by atoms with Crippen molar-refractivity contribution in [1.29, 1.82) is 0 Å². The molecule has 0 spiro atoms. The molecular formula is C27H38ClN3O5S. The quantitative estimate of drug-likeness (QED) is 0.415. The van der Waals surface area contributed by atoms with Crippen molar-refractivity contribution in [3.8, 4) is 5.75 Å². The number of ether oxygens (including phenoxy) is 1. The highest BCUT2D eigenvalue weighted by atomic mass is 35.5. The van der Waals surface area contributed by atoms with Crippen LogP contribution in [0.15, 0.2) is 48.5 Å². The van der Waals surface area contributed by atoms with Crippen LogP contribution in [0.1, 0.15) is 52.5 Å². The molecule has 0 aromatic heterocycles. The minimum atomic E-state index is -3.63. The highest BCUT2D eigenvalue weighted by molar-refractivity contribution is 7.92. The van der Waals surface area contributed by atoms with E-state index in [0.717, 1.165) is 11.8 Å². The summed E-state index contributed by atoms with van der Waals surface area (Å²) in [5, 5.41) is 3.27. The SMILES string of the molecule is CC[C@H](C(=O)NC(C)(C)C)N(Cc1ccccc1)C(=O)CCCN(c1ccc(OC)c(Cl)c1)S(C)(=O)=O. The summed E-state index contributed by atoms with van der Waals surface area (Å²) in [6.45, 7) is 7.92. The number of rotatable bonds is 12. The zero-order valence-electron chi connectivity index (χ0n) is 22.5. The summed E-state index contributed by atoms with van der Waals surface area (Å²) in [7, 11) is -2.15. The average molecular weight is 552 g/mol. The molecule has 0 radical (unpaired) electrons. The van der Waals surface area contributed by atoms with Crippen molar-refractivity contribution in [2.24, 2.45) is 0 Å². The third-order valence-corrected chi connectivity index (χ3v) is 7.14. The fourth-order valence-corrected chi connectivity index (χ4v) is 5.18. The van der Waals surface area contributed by atoms with Gasteiger partial charge in [0.25, 0.3) is 0 Å². The van der Waals surface area contributed by atoms with E-state index in [0.29, 0.717) is 17.9 Å². The van der Waals surface area contributed by atoms with E-state index in [4.69, 9.17) is 16.3 Å². The number of methoxy groups -OCH3 is 1. The van der Waals surface area contributed by atoms with Gasteiger partial charge in [0.1, 0.15) is 11.8 Å². The van der Waals surface area contributed by atoms with Gasteiger partial charge < -0.3 is 15.0 Å². The molecule has 1 N–H and O–H groups in total. The lowest BCUT2D eigenvalue weighted by Gasteiger charge is -2.33. The molecule has 37 heavy (non-hydrogen) atoms. The fourth-order valence-electron chi connectivity index (χ4n) is 3.97. The maximum Gasteiger partial charge on any atom is 0.243 e. The van der Waals surface area contributed by atoms with Gasteiger partial charge in [-0.2, -0.15) is 0 Å². The third-order valence-electron chi connectivity index (χ3n) is 5.66. The largest absolute Gasteiger partial charge is 0.495 e. The molecular weight excluding hydrogens is 514 g/mol. The van der Waals surface area contributed by atoms with Crippen LogP contribution in [-0.4, -0.2) is 56.6 Å². The molecule has 2 amide bonds. The summed E-state index contributed by atoms with van der Waals surface area (Å²) in [6, 6.07) is 13.6. The number of amides is 2. The molecule has 0 unspecified atom stereocenters. The van der Waals surface area contributed by atoms with Crippen LogP contribution in [0.5, 0.6) is 5.75 Å². The Hall–Kier alpha value is -2.78. The van der Waals surface area contributed by atoms with E-state index < -0.39 is 21.6 Å². The van der Waals surface area contributed by atoms with Crippen molar-refractivity contribution < 1.29 is 22.7 Å². The molecule has 2 aromatic carbocycles. The second kappa shape index (κ2) is 13.1. The molecule has 0 aliphatic rings. The van der Waals surface area contributed by atoms with E-state index in [1.54, 1.807) is 17.0 Å². The summed E-state index contributed by atoms with van der Waals surface area (Å²) in [6.07, 6.45) is 1.89. The zero-order valence-corrected chi connectivity index (χ0v) is 24.0. The lowest BCUT2D eigenvalue weighted by molar-refractivity contribution is -0.142. The average Bonchev–Trinajstić information content (AvgIpc) is 2.80. The summed E-state index contributed by atoms with van der Waals surface area (Å²) in [5.41, 5.74) is 0.850. The van der Waals surface area contributed by atoms with Gasteiger partial charge in [-0.15, -0.1) is 0 Å². The van der Waals surface area contributed by atoms with Crippen molar-refractivity contribution in [3.05, 3.63) is 59.1 Å². The minimum absolute atomic E-state index is 0.0715. The summed E-state index contributed by atoms with van der Waals surface area (Å²) < 4.78 is 31.4. The van der Waals surface area contributed by atoms with Crippen LogP contribution in [0.25, 0.3) is 0 Å². The van der Waals surface area contributed by atoms with Crippen molar-refractivity contribution in [2.45, 2.75) is 65.1 Å². The lowest BCUT2D eigenvalue weighted by atomic mass is 10.0. The minimum Gasteiger partial charge on any atom is -0.495 e. The molecule has 2 aromatic rings. The number of carbonyl (C=O) groups excluding carboxylic acids is 2. The Kier molecular flexibility index (Phi) is 10.8. The topological polar surface area (TPSA) is 96.0 Å². The number of halogens is 1. The Labute approximate surface area is 226 Å². The highest BCUT2D eigenvalue weighted by Gasteiger charge is 2.30. The number of hydrogen-bond acceptors (Lipinski definition) is 5. The van der Waals surface area contributed by atoms with Gasteiger partial charge in [-0.1, -0.05) is 48.9 Å². The molecule has 0 fully saturated rings. The van der Waals surface area contributed by atoms with E-state index in [9.17, 15) is 18.0 Å². The predicted octanol–water partition coefficient (Wildman–Crippen LogP) is 4.62. The van der Waals surface area contributed by atoms with E-state index >= 15 is 0 Å². The van der Waals surface area contributed by atoms with Gasteiger partial charge in [-0.3, -0.25) is 13.9 Å². The summed E-state index contributed by atoms with van der Waals surface area (Å²) in [4.78, 5) is 28.1. The molecule has 204 valence electrons. The highest BCUT2D eigenvalue weighted by Crippen LogP contribution is 2.30. The third kappa shape index (κ3) is 9.23. The van der Waals surface area contributed by atoms with Gasteiger partial charge in [0.2, 0.25) is 21.8 Å². The number of sulfonamides is 1. The first-order valence-electron chi connectivity index (χ1n) is 12.2. The Balaban J connectivity index is 2.23. The molecule has 0 saturated carbocycles. The smallest absolute Gasteiger partial charge is 0.243 e. The normalized spacial score (nSPS) is 12.5. The maximum absolute atomic E-state index is 13.5. The molecule has 1 atom stereocenters. The van der Waals surface area contributed by atoms with E-state index in [1.807, 2.05) is 58.0 Å². The van der Waals surface area contributed by atoms with Crippen LogP contribution < -0.4 is 14.4 Å². The molecule has 2 rings (SSSR count). The number of anilines is 1. The monoisotopic (exact) mass is 551 g/mol. The second-order valence-electron chi connectivity index (χ2n) is 9.93. The maximum atomic E-state index is 13.5. The number of carbonyl (C=O) groups is 2. The van der Waals surface area contributed by atoms with Gasteiger partial charge in [0, 0.05) is 25.0 Å². The van der Waals surface area contributed by atoms with E-state index in [-0.39, 0.29) is 42.8 Å². The molecule has 8 nitrogen and oxygen atoms in total. The van der Waals surface area contributed by atoms with Crippen molar-refractivity contribution in [1.82, 2.24) is 10.2 Å². The van der Waals surface area contributed by atoms with Crippen LogP contribution in [0.2, 0.25) is 5.02 Å². The first kappa shape index (κ1) is 30.4. The molecule has 0 saturated heterocycles. The van der Waals surface area contributed by atoms with E-state index in [1.165, 1.54) is 17.5 Å². The van der Waals surface area contributed by atoms with Gasteiger partial charge in [0.15, 0.2) is 0 Å². The number of nitrogens with zero attached hydrogens (tertiary/aromatic N) is 2. The molecule has 0 aliphatic heterocycles. The van der Waals surface area contributed by atoms with Crippen LogP contribution >= 0.6 is 11.6 Å². The Morgan fingerprint density at radius 3 is 2.27 bits per heavy atom. The number of hydrogen-bond donors (Lipinski definition) is 1. The van der Waals surface area contributed by atoms with Gasteiger partial charge >= 0.3 is 0 Å². The van der Waals surface area contributed by atoms with Crippen molar-refractivity contribution in [3.63, 3.8) is 0 Å². The number of benzene rings is 2. The van der Waals surface area contributed by atoms with Crippen LogP contribution in [-0.2, 0) is 26.2 Å². The fraction of sp³-hybridized carbons (Fsp3) is 0.481.